The molecular weight excluding hydrogens is 436 g/mol. The maximum Gasteiger partial charge on any atom is 0.261 e. The first-order valence-corrected chi connectivity index (χ1v) is 12.1. The van der Waals surface area contributed by atoms with Crippen molar-refractivity contribution in [3.63, 3.8) is 0 Å². The van der Waals surface area contributed by atoms with Crippen molar-refractivity contribution in [1.29, 1.82) is 0 Å². The average molecular weight is 473 g/mol. The zero-order valence-electron chi connectivity index (χ0n) is 21.4. The summed E-state index contributed by atoms with van der Waals surface area (Å²) in [6.07, 6.45) is 0.417. The molecule has 0 saturated carbocycles. The van der Waals surface area contributed by atoms with Crippen LogP contribution in [0.25, 0.3) is 0 Å². The van der Waals surface area contributed by atoms with Gasteiger partial charge in [0.1, 0.15) is 11.8 Å². The molecular formula is C30H36N2O3. The number of nitrogens with one attached hydrogen (secondary N) is 1. The maximum absolute atomic E-state index is 13.6. The molecule has 0 fully saturated rings. The lowest BCUT2D eigenvalue weighted by molar-refractivity contribution is -0.143. The topological polar surface area (TPSA) is 58.6 Å². The molecule has 1 N–H and O–H groups in total. The maximum atomic E-state index is 13.6. The number of aryl methyl sites for hydroxylation is 3. The SMILES string of the molecule is Cc1ccc(CN(C(=O)COc2cc(C)cc(C)c2)[C@@H](Cc2ccccc2)C(=O)NC(C)C)cc1. The molecule has 0 spiro atoms. The molecule has 0 aliphatic rings. The molecule has 0 aromatic heterocycles. The second kappa shape index (κ2) is 12.2. The molecule has 0 radical (unpaired) electrons. The van der Waals surface area contributed by atoms with Gasteiger partial charge < -0.3 is 15.0 Å². The highest BCUT2D eigenvalue weighted by Gasteiger charge is 2.31. The van der Waals surface area contributed by atoms with E-state index in [-0.39, 0.29) is 24.5 Å². The Morgan fingerprint density at radius 2 is 1.46 bits per heavy atom. The number of hydrogen-bond acceptors (Lipinski definition) is 3. The molecule has 0 saturated heterocycles. The predicted molar refractivity (Wildman–Crippen MR) is 140 cm³/mol. The van der Waals surface area contributed by atoms with Crippen LogP contribution in [0.15, 0.2) is 72.8 Å². The van der Waals surface area contributed by atoms with Crippen LogP contribution >= 0.6 is 0 Å². The fraction of sp³-hybridized carbons (Fsp3) is 0.333. The highest BCUT2D eigenvalue weighted by molar-refractivity contribution is 5.88. The van der Waals surface area contributed by atoms with Crippen molar-refractivity contribution >= 4 is 11.8 Å². The molecule has 0 aliphatic heterocycles. The van der Waals surface area contributed by atoms with Crippen molar-refractivity contribution in [3.8, 4) is 5.75 Å². The Morgan fingerprint density at radius 3 is 2.06 bits per heavy atom. The average Bonchev–Trinajstić information content (AvgIpc) is 2.80. The van der Waals surface area contributed by atoms with Crippen molar-refractivity contribution in [2.75, 3.05) is 6.61 Å². The Hall–Kier alpha value is -3.60. The van der Waals surface area contributed by atoms with E-state index >= 15 is 0 Å². The van der Waals surface area contributed by atoms with Gasteiger partial charge in [0, 0.05) is 19.0 Å². The van der Waals surface area contributed by atoms with Crippen LogP contribution in [0.2, 0.25) is 0 Å². The number of benzene rings is 3. The van der Waals surface area contributed by atoms with Crippen molar-refractivity contribution < 1.29 is 14.3 Å². The third kappa shape index (κ3) is 7.99. The Bertz CT molecular complexity index is 1100. The van der Waals surface area contributed by atoms with E-state index in [1.54, 1.807) is 4.90 Å². The molecule has 184 valence electrons. The Kier molecular flexibility index (Phi) is 9.07. The van der Waals surface area contributed by atoms with E-state index in [1.807, 2.05) is 101 Å². The predicted octanol–water partition coefficient (Wildman–Crippen LogP) is 5.16. The highest BCUT2D eigenvalue weighted by Crippen LogP contribution is 2.19. The molecule has 1 atom stereocenters. The minimum absolute atomic E-state index is 0.0383. The molecule has 0 heterocycles. The number of amides is 2. The summed E-state index contributed by atoms with van der Waals surface area (Å²) in [6.45, 7) is 10.0. The summed E-state index contributed by atoms with van der Waals surface area (Å²) in [4.78, 5) is 28.6. The minimum Gasteiger partial charge on any atom is -0.484 e. The lowest BCUT2D eigenvalue weighted by Gasteiger charge is -2.32. The van der Waals surface area contributed by atoms with Crippen molar-refractivity contribution in [2.24, 2.45) is 0 Å². The van der Waals surface area contributed by atoms with E-state index < -0.39 is 6.04 Å². The van der Waals surface area contributed by atoms with Gasteiger partial charge in [-0.05, 0) is 69.0 Å². The molecule has 3 aromatic rings. The number of ether oxygens (including phenoxy) is 1. The summed E-state index contributed by atoms with van der Waals surface area (Å²) in [6, 6.07) is 23.0. The normalized spacial score (nSPS) is 11.7. The van der Waals surface area contributed by atoms with E-state index in [0.29, 0.717) is 18.7 Å². The van der Waals surface area contributed by atoms with Crippen LogP contribution in [0, 0.1) is 20.8 Å². The third-order valence-electron chi connectivity index (χ3n) is 5.73. The Balaban J connectivity index is 1.91. The molecule has 5 nitrogen and oxygen atoms in total. The molecule has 2 amide bonds. The van der Waals surface area contributed by atoms with E-state index in [2.05, 4.69) is 11.4 Å². The second-order valence-corrected chi connectivity index (χ2v) is 9.49. The summed E-state index contributed by atoms with van der Waals surface area (Å²) < 4.78 is 5.91. The first-order chi connectivity index (χ1) is 16.7. The summed E-state index contributed by atoms with van der Waals surface area (Å²) in [7, 11) is 0. The van der Waals surface area contributed by atoms with Crippen LogP contribution in [-0.4, -0.2) is 35.4 Å². The zero-order chi connectivity index (χ0) is 25.4. The van der Waals surface area contributed by atoms with Gasteiger partial charge in [0.2, 0.25) is 5.91 Å². The second-order valence-electron chi connectivity index (χ2n) is 9.49. The summed E-state index contributed by atoms with van der Waals surface area (Å²) in [5.74, 6) is 0.248. The van der Waals surface area contributed by atoms with Crippen LogP contribution in [0.1, 0.15) is 41.7 Å². The molecule has 0 bridgehead atoms. The van der Waals surface area contributed by atoms with Gasteiger partial charge in [-0.1, -0.05) is 66.2 Å². The van der Waals surface area contributed by atoms with E-state index in [9.17, 15) is 9.59 Å². The lowest BCUT2D eigenvalue weighted by Crippen LogP contribution is -2.52. The molecule has 0 unspecified atom stereocenters. The molecule has 0 aliphatic carbocycles. The van der Waals surface area contributed by atoms with Crippen molar-refractivity contribution in [1.82, 2.24) is 10.2 Å². The minimum atomic E-state index is -0.670. The Morgan fingerprint density at radius 1 is 0.829 bits per heavy atom. The first-order valence-electron chi connectivity index (χ1n) is 12.1. The zero-order valence-corrected chi connectivity index (χ0v) is 21.4. The molecule has 35 heavy (non-hydrogen) atoms. The number of carbonyl (C=O) groups excluding carboxylic acids is 2. The first kappa shape index (κ1) is 26.0. The monoisotopic (exact) mass is 472 g/mol. The standard InChI is InChI=1S/C30H36N2O3/c1-21(2)31-30(34)28(18-25-9-7-6-8-10-25)32(19-26-13-11-22(3)12-14-26)29(33)20-35-27-16-23(4)15-24(5)17-27/h6-17,21,28H,18-20H2,1-5H3,(H,31,34)/t28-/m0/s1. The van der Waals surface area contributed by atoms with Crippen molar-refractivity contribution in [2.45, 2.75) is 59.7 Å². The van der Waals surface area contributed by atoms with Gasteiger partial charge >= 0.3 is 0 Å². The number of hydrogen-bond donors (Lipinski definition) is 1. The van der Waals surface area contributed by atoms with Gasteiger partial charge in [-0.3, -0.25) is 9.59 Å². The van der Waals surface area contributed by atoms with Gasteiger partial charge in [0.05, 0.1) is 0 Å². The summed E-state index contributed by atoms with van der Waals surface area (Å²) in [5, 5.41) is 3.01. The van der Waals surface area contributed by atoms with Gasteiger partial charge in [0.15, 0.2) is 6.61 Å². The van der Waals surface area contributed by atoms with Crippen LogP contribution in [0.4, 0.5) is 0 Å². The van der Waals surface area contributed by atoms with Crippen LogP contribution in [0.3, 0.4) is 0 Å². The lowest BCUT2D eigenvalue weighted by atomic mass is 10.0. The molecule has 3 aromatic carbocycles. The third-order valence-corrected chi connectivity index (χ3v) is 5.73. The fourth-order valence-corrected chi connectivity index (χ4v) is 4.07. The quantitative estimate of drug-likeness (QED) is 0.444. The van der Waals surface area contributed by atoms with Crippen LogP contribution < -0.4 is 10.1 Å². The number of rotatable bonds is 10. The number of nitrogens with zero attached hydrogens (tertiary/aromatic N) is 1. The van der Waals surface area contributed by atoms with Gasteiger partial charge in [-0.15, -0.1) is 0 Å². The highest BCUT2D eigenvalue weighted by atomic mass is 16.5. The van der Waals surface area contributed by atoms with Gasteiger partial charge in [-0.2, -0.15) is 0 Å². The van der Waals surface area contributed by atoms with Crippen molar-refractivity contribution in [3.05, 3.63) is 101 Å². The number of carbonyl (C=O) groups is 2. The largest absolute Gasteiger partial charge is 0.484 e. The van der Waals surface area contributed by atoms with E-state index in [1.165, 1.54) is 0 Å². The summed E-state index contributed by atoms with van der Waals surface area (Å²) >= 11 is 0. The van der Waals surface area contributed by atoms with Gasteiger partial charge in [-0.25, -0.2) is 0 Å². The molecule has 3 rings (SSSR count). The van der Waals surface area contributed by atoms with E-state index in [4.69, 9.17) is 4.74 Å². The summed E-state index contributed by atoms with van der Waals surface area (Å²) in [5.41, 5.74) is 5.24. The Labute approximate surface area is 209 Å². The smallest absolute Gasteiger partial charge is 0.261 e. The van der Waals surface area contributed by atoms with Crippen LogP contribution in [0.5, 0.6) is 5.75 Å². The van der Waals surface area contributed by atoms with E-state index in [0.717, 1.165) is 27.8 Å². The van der Waals surface area contributed by atoms with Gasteiger partial charge in [0.25, 0.3) is 5.91 Å². The van der Waals surface area contributed by atoms with Crippen LogP contribution in [-0.2, 0) is 22.6 Å². The molecule has 5 heteroatoms. The fourth-order valence-electron chi connectivity index (χ4n) is 4.07.